The molecule has 1 amide bonds. The van der Waals surface area contributed by atoms with Gasteiger partial charge in [-0.1, -0.05) is 18.2 Å². The molecule has 0 spiro atoms. The highest BCUT2D eigenvalue weighted by Gasteiger charge is 2.18. The molecule has 3 rings (SSSR count). The van der Waals surface area contributed by atoms with Crippen LogP contribution in [-0.4, -0.2) is 41.6 Å². The molecule has 0 unspecified atom stereocenters. The van der Waals surface area contributed by atoms with Gasteiger partial charge in [0.1, 0.15) is 17.2 Å². The van der Waals surface area contributed by atoms with Crippen LogP contribution in [0.3, 0.4) is 0 Å². The molecule has 1 heterocycles. The second-order valence-corrected chi connectivity index (χ2v) is 6.61. The van der Waals surface area contributed by atoms with Gasteiger partial charge < -0.3 is 19.5 Å². The summed E-state index contributed by atoms with van der Waals surface area (Å²) < 4.78 is 18.4. The van der Waals surface area contributed by atoms with Crippen LogP contribution in [-0.2, 0) is 21.4 Å². The number of ether oxygens (including phenoxy) is 3. The molecule has 162 valence electrons. The van der Waals surface area contributed by atoms with Crippen molar-refractivity contribution in [1.82, 2.24) is 9.36 Å². The predicted molar refractivity (Wildman–Crippen MR) is 114 cm³/mol. The van der Waals surface area contributed by atoms with E-state index in [9.17, 15) is 14.4 Å². The topological polar surface area (TPSA) is 101 Å². The van der Waals surface area contributed by atoms with E-state index in [2.05, 4.69) is 5.32 Å². The summed E-state index contributed by atoms with van der Waals surface area (Å²) in [7, 11) is 3.27. The number of nitrogens with zero attached hydrogens (tertiary/aromatic N) is 2. The predicted octanol–water partition coefficient (Wildman–Crippen LogP) is 2.05. The van der Waals surface area contributed by atoms with Gasteiger partial charge in [0.05, 0.1) is 18.5 Å². The summed E-state index contributed by atoms with van der Waals surface area (Å²) in [5.74, 6) is -0.209. The molecule has 0 saturated heterocycles. The Balaban J connectivity index is 1.56. The van der Waals surface area contributed by atoms with Crippen molar-refractivity contribution < 1.29 is 23.8 Å². The van der Waals surface area contributed by atoms with Gasteiger partial charge in [0.2, 0.25) is 0 Å². The first kappa shape index (κ1) is 21.7. The first-order valence-corrected chi connectivity index (χ1v) is 9.47. The molecule has 3 aromatic rings. The lowest BCUT2D eigenvalue weighted by Crippen LogP contribution is -2.27. The van der Waals surface area contributed by atoms with Gasteiger partial charge in [-0.3, -0.25) is 14.3 Å². The summed E-state index contributed by atoms with van der Waals surface area (Å²) in [6.07, 6.45) is 0. The Hall–Kier alpha value is -4.01. The molecule has 0 radical (unpaired) electrons. The number of rotatable bonds is 8. The molecule has 1 aromatic heterocycles. The molecule has 0 atom stereocenters. The van der Waals surface area contributed by atoms with Crippen LogP contribution in [0.4, 0.5) is 5.69 Å². The minimum Gasteiger partial charge on any atom is -0.497 e. The van der Waals surface area contributed by atoms with Gasteiger partial charge in [0.25, 0.3) is 11.5 Å². The Bertz CT molecular complexity index is 1120. The maximum atomic E-state index is 12.8. The van der Waals surface area contributed by atoms with E-state index in [-0.39, 0.29) is 17.9 Å². The summed E-state index contributed by atoms with van der Waals surface area (Å²) in [6, 6.07) is 15.7. The number of esters is 1. The van der Waals surface area contributed by atoms with Crippen molar-refractivity contribution in [2.75, 3.05) is 25.6 Å². The fraction of sp³-hybridized carbons (Fsp3) is 0.227. The van der Waals surface area contributed by atoms with Gasteiger partial charge in [0, 0.05) is 7.05 Å². The van der Waals surface area contributed by atoms with Gasteiger partial charge in [-0.25, -0.2) is 9.48 Å². The molecular weight excluding hydrogens is 402 g/mol. The van der Waals surface area contributed by atoms with Crippen LogP contribution in [0.2, 0.25) is 0 Å². The van der Waals surface area contributed by atoms with Crippen LogP contribution < -0.4 is 20.3 Å². The van der Waals surface area contributed by atoms with E-state index in [4.69, 9.17) is 14.2 Å². The smallest absolute Gasteiger partial charge is 0.344 e. The SMILES string of the molecule is COc1ccc(OCC(=O)OCC(=O)Nc2c(C)n(C)n(-c3ccccc3)c2=O)cc1. The number of aromatic nitrogens is 2. The van der Waals surface area contributed by atoms with Crippen molar-refractivity contribution in [2.24, 2.45) is 7.05 Å². The number of hydrogen-bond donors (Lipinski definition) is 1. The van der Waals surface area contributed by atoms with E-state index in [1.807, 2.05) is 18.2 Å². The fourth-order valence-corrected chi connectivity index (χ4v) is 2.89. The van der Waals surface area contributed by atoms with Gasteiger partial charge in [-0.15, -0.1) is 0 Å². The zero-order valence-electron chi connectivity index (χ0n) is 17.5. The molecule has 9 heteroatoms. The first-order valence-electron chi connectivity index (χ1n) is 9.47. The second-order valence-electron chi connectivity index (χ2n) is 6.61. The molecule has 9 nitrogen and oxygen atoms in total. The third kappa shape index (κ3) is 5.13. The first-order chi connectivity index (χ1) is 14.9. The van der Waals surface area contributed by atoms with Crippen LogP contribution in [0, 0.1) is 6.92 Å². The summed E-state index contributed by atoms with van der Waals surface area (Å²) >= 11 is 0. The highest BCUT2D eigenvalue weighted by molar-refractivity contribution is 5.93. The van der Waals surface area contributed by atoms with Crippen molar-refractivity contribution in [3.8, 4) is 17.2 Å². The molecule has 0 fully saturated rings. The van der Waals surface area contributed by atoms with Crippen LogP contribution in [0.5, 0.6) is 11.5 Å². The number of hydrogen-bond acceptors (Lipinski definition) is 6. The number of carbonyl (C=O) groups excluding carboxylic acids is 2. The summed E-state index contributed by atoms with van der Waals surface area (Å²) in [6.45, 7) is 0.819. The minimum atomic E-state index is -0.711. The maximum Gasteiger partial charge on any atom is 0.344 e. The number of anilines is 1. The van der Waals surface area contributed by atoms with Crippen LogP contribution >= 0.6 is 0 Å². The minimum absolute atomic E-state index is 0.127. The van der Waals surface area contributed by atoms with Crippen molar-refractivity contribution in [1.29, 1.82) is 0 Å². The van der Waals surface area contributed by atoms with Crippen molar-refractivity contribution in [3.63, 3.8) is 0 Å². The van der Waals surface area contributed by atoms with Crippen molar-refractivity contribution >= 4 is 17.6 Å². The largest absolute Gasteiger partial charge is 0.497 e. The number of methoxy groups -OCH3 is 1. The van der Waals surface area contributed by atoms with E-state index in [0.717, 1.165) is 0 Å². The van der Waals surface area contributed by atoms with E-state index >= 15 is 0 Å². The number of para-hydroxylation sites is 1. The molecule has 2 aromatic carbocycles. The molecular formula is C22H23N3O6. The van der Waals surface area contributed by atoms with Crippen LogP contribution in [0.25, 0.3) is 5.69 Å². The summed E-state index contributed by atoms with van der Waals surface area (Å²) in [5, 5.41) is 2.53. The lowest BCUT2D eigenvalue weighted by Gasteiger charge is -2.08. The van der Waals surface area contributed by atoms with Gasteiger partial charge in [0.15, 0.2) is 13.2 Å². The van der Waals surface area contributed by atoms with Crippen molar-refractivity contribution in [2.45, 2.75) is 6.92 Å². The lowest BCUT2D eigenvalue weighted by molar-refractivity contribution is -0.149. The molecule has 0 saturated carbocycles. The summed E-state index contributed by atoms with van der Waals surface area (Å²) in [4.78, 5) is 36.9. The molecule has 31 heavy (non-hydrogen) atoms. The number of benzene rings is 2. The number of amides is 1. The standard InChI is InChI=1S/C22H23N3O6/c1-15-21(22(28)25(24(15)2)16-7-5-4-6-8-16)23-19(26)13-31-20(27)14-30-18-11-9-17(29-3)10-12-18/h4-12H,13-14H2,1-3H3,(H,23,26). The Morgan fingerprint density at radius 1 is 0.968 bits per heavy atom. The highest BCUT2D eigenvalue weighted by Crippen LogP contribution is 2.17. The molecule has 0 aliphatic rings. The monoisotopic (exact) mass is 425 g/mol. The van der Waals surface area contributed by atoms with Gasteiger partial charge in [-0.2, -0.15) is 0 Å². The number of nitrogens with one attached hydrogen (secondary N) is 1. The Morgan fingerprint density at radius 2 is 1.61 bits per heavy atom. The zero-order valence-corrected chi connectivity index (χ0v) is 17.5. The van der Waals surface area contributed by atoms with E-state index in [0.29, 0.717) is 22.9 Å². The average molecular weight is 425 g/mol. The van der Waals surface area contributed by atoms with Crippen LogP contribution in [0.15, 0.2) is 59.4 Å². The van der Waals surface area contributed by atoms with Crippen molar-refractivity contribution in [3.05, 3.63) is 70.6 Å². The Morgan fingerprint density at radius 3 is 2.26 bits per heavy atom. The van der Waals surface area contributed by atoms with E-state index in [1.165, 1.54) is 4.68 Å². The van der Waals surface area contributed by atoms with E-state index in [1.54, 1.807) is 62.2 Å². The highest BCUT2D eigenvalue weighted by atomic mass is 16.6. The Labute approximate surface area is 178 Å². The molecule has 0 aliphatic heterocycles. The number of carbonyl (C=O) groups is 2. The molecule has 1 N–H and O–H groups in total. The summed E-state index contributed by atoms with van der Waals surface area (Å²) in [5.41, 5.74) is 0.979. The van der Waals surface area contributed by atoms with Crippen LogP contribution in [0.1, 0.15) is 5.69 Å². The average Bonchev–Trinajstić information content (AvgIpc) is 3.00. The zero-order chi connectivity index (χ0) is 22.4. The third-order valence-electron chi connectivity index (χ3n) is 4.60. The Kier molecular flexibility index (Phi) is 6.76. The molecule has 0 aliphatic carbocycles. The van der Waals surface area contributed by atoms with E-state index < -0.39 is 18.5 Å². The maximum absolute atomic E-state index is 12.8. The fourth-order valence-electron chi connectivity index (χ4n) is 2.89. The van der Waals surface area contributed by atoms with Gasteiger partial charge in [-0.05, 0) is 43.3 Å². The lowest BCUT2D eigenvalue weighted by atomic mass is 10.3. The quantitative estimate of drug-likeness (QED) is 0.555. The molecule has 0 bridgehead atoms. The normalized spacial score (nSPS) is 10.4. The van der Waals surface area contributed by atoms with Gasteiger partial charge >= 0.3 is 5.97 Å². The second kappa shape index (κ2) is 9.66. The third-order valence-corrected chi connectivity index (χ3v) is 4.60.